The van der Waals surface area contributed by atoms with Crippen LogP contribution >= 0.6 is 0 Å². The Bertz CT molecular complexity index is 903. The Morgan fingerprint density at radius 3 is 2.50 bits per heavy atom. The zero-order chi connectivity index (χ0) is 20.3. The lowest BCUT2D eigenvalue weighted by Crippen LogP contribution is -2.43. The van der Waals surface area contributed by atoms with Crippen molar-refractivity contribution in [1.82, 2.24) is 0 Å². The molecule has 0 aliphatic carbocycles. The second-order valence-corrected chi connectivity index (χ2v) is 7.05. The standard InChI is InChI=1S/C22H24N2O4/c1-4-19(25)16-7-10-20-18(11-16)24(22(27)13-28-20)12-21(26)23-17-8-5-15(6-9-17)14(2)3/h5-11,14H,4,12-13H2,1-3H3,(H,23,26). The molecule has 0 atom stereocenters. The Morgan fingerprint density at radius 1 is 1.14 bits per heavy atom. The highest BCUT2D eigenvalue weighted by Gasteiger charge is 2.28. The monoisotopic (exact) mass is 380 g/mol. The Balaban J connectivity index is 1.77. The number of nitrogens with one attached hydrogen (secondary N) is 1. The molecule has 0 bridgehead atoms. The van der Waals surface area contributed by atoms with Gasteiger partial charge in [0, 0.05) is 17.7 Å². The third-order valence-corrected chi connectivity index (χ3v) is 4.71. The summed E-state index contributed by atoms with van der Waals surface area (Å²) in [5.41, 5.74) is 2.80. The zero-order valence-electron chi connectivity index (χ0n) is 16.3. The topological polar surface area (TPSA) is 75.7 Å². The molecule has 1 aliphatic rings. The molecule has 0 fully saturated rings. The van der Waals surface area contributed by atoms with Crippen LogP contribution in [-0.2, 0) is 9.59 Å². The van der Waals surface area contributed by atoms with Crippen LogP contribution in [0, 0.1) is 0 Å². The first-order valence-electron chi connectivity index (χ1n) is 9.39. The number of hydrogen-bond acceptors (Lipinski definition) is 4. The van der Waals surface area contributed by atoms with Gasteiger partial charge in [0.1, 0.15) is 12.3 Å². The molecule has 28 heavy (non-hydrogen) atoms. The lowest BCUT2D eigenvalue weighted by molar-refractivity contribution is -0.123. The van der Waals surface area contributed by atoms with Gasteiger partial charge < -0.3 is 10.1 Å². The van der Waals surface area contributed by atoms with E-state index in [9.17, 15) is 14.4 Å². The second kappa shape index (κ2) is 8.25. The Morgan fingerprint density at radius 2 is 1.86 bits per heavy atom. The normalized spacial score (nSPS) is 13.1. The lowest BCUT2D eigenvalue weighted by atomic mass is 10.0. The highest BCUT2D eigenvalue weighted by Crippen LogP contribution is 2.33. The molecule has 2 aromatic carbocycles. The molecule has 0 unspecified atom stereocenters. The molecule has 6 heteroatoms. The first kappa shape index (κ1) is 19.6. The molecule has 0 saturated carbocycles. The lowest BCUT2D eigenvalue weighted by Gasteiger charge is -2.29. The fourth-order valence-electron chi connectivity index (χ4n) is 3.05. The molecule has 0 aromatic heterocycles. The maximum absolute atomic E-state index is 12.5. The van der Waals surface area contributed by atoms with Crippen molar-refractivity contribution in [2.45, 2.75) is 33.1 Å². The van der Waals surface area contributed by atoms with Crippen molar-refractivity contribution in [2.75, 3.05) is 23.4 Å². The van der Waals surface area contributed by atoms with Crippen LogP contribution in [0.3, 0.4) is 0 Å². The van der Waals surface area contributed by atoms with Crippen molar-refractivity contribution in [3.05, 3.63) is 53.6 Å². The molecule has 0 saturated heterocycles. The molecular weight excluding hydrogens is 356 g/mol. The predicted molar refractivity (Wildman–Crippen MR) is 108 cm³/mol. The van der Waals surface area contributed by atoms with Crippen molar-refractivity contribution >= 4 is 29.0 Å². The summed E-state index contributed by atoms with van der Waals surface area (Å²) in [4.78, 5) is 38.2. The molecule has 6 nitrogen and oxygen atoms in total. The molecule has 0 spiro atoms. The summed E-state index contributed by atoms with van der Waals surface area (Å²) in [7, 11) is 0. The highest BCUT2D eigenvalue weighted by molar-refractivity contribution is 6.06. The quantitative estimate of drug-likeness (QED) is 0.774. The van der Waals surface area contributed by atoms with Gasteiger partial charge in [-0.2, -0.15) is 0 Å². The fraction of sp³-hybridized carbons (Fsp3) is 0.318. The van der Waals surface area contributed by atoms with E-state index in [0.717, 1.165) is 0 Å². The maximum Gasteiger partial charge on any atom is 0.265 e. The van der Waals surface area contributed by atoms with E-state index in [1.165, 1.54) is 10.5 Å². The fourth-order valence-corrected chi connectivity index (χ4v) is 3.05. The summed E-state index contributed by atoms with van der Waals surface area (Å²) in [6, 6.07) is 12.6. The van der Waals surface area contributed by atoms with Crippen LogP contribution < -0.4 is 15.0 Å². The number of Topliss-reactive ketones (excluding diaryl/α,β-unsaturated/α-hetero) is 1. The molecule has 2 aromatic rings. The summed E-state index contributed by atoms with van der Waals surface area (Å²) < 4.78 is 5.44. The number of amides is 2. The van der Waals surface area contributed by atoms with E-state index in [1.807, 2.05) is 24.3 Å². The van der Waals surface area contributed by atoms with E-state index < -0.39 is 0 Å². The number of hydrogen-bond donors (Lipinski definition) is 1. The number of carbonyl (C=O) groups is 3. The van der Waals surface area contributed by atoms with Gasteiger partial charge in [-0.25, -0.2) is 0 Å². The number of carbonyl (C=O) groups excluding carboxylic acids is 3. The molecule has 1 N–H and O–H groups in total. The van der Waals surface area contributed by atoms with Crippen molar-refractivity contribution in [2.24, 2.45) is 0 Å². The smallest absolute Gasteiger partial charge is 0.265 e. The summed E-state index contributed by atoms with van der Waals surface area (Å²) in [6.45, 7) is 5.70. The largest absolute Gasteiger partial charge is 0.482 e. The van der Waals surface area contributed by atoms with Gasteiger partial charge in [-0.15, -0.1) is 0 Å². The van der Waals surface area contributed by atoms with E-state index in [-0.39, 0.29) is 30.7 Å². The minimum absolute atomic E-state index is 0.0320. The van der Waals surface area contributed by atoms with Crippen LogP contribution in [0.15, 0.2) is 42.5 Å². The average molecular weight is 380 g/mol. The van der Waals surface area contributed by atoms with Crippen molar-refractivity contribution in [1.29, 1.82) is 0 Å². The molecule has 2 amide bonds. The van der Waals surface area contributed by atoms with Gasteiger partial charge in [0.2, 0.25) is 5.91 Å². The zero-order valence-corrected chi connectivity index (χ0v) is 16.3. The van der Waals surface area contributed by atoms with E-state index >= 15 is 0 Å². The predicted octanol–water partition coefficient (Wildman–Crippen LogP) is 3.77. The highest BCUT2D eigenvalue weighted by atomic mass is 16.5. The summed E-state index contributed by atoms with van der Waals surface area (Å²) in [6.07, 6.45) is 0.362. The van der Waals surface area contributed by atoms with Gasteiger partial charge in [-0.1, -0.05) is 32.9 Å². The van der Waals surface area contributed by atoms with E-state index in [0.29, 0.717) is 35.0 Å². The Hall–Kier alpha value is -3.15. The third-order valence-electron chi connectivity index (χ3n) is 4.71. The van der Waals surface area contributed by atoms with E-state index in [1.54, 1.807) is 25.1 Å². The van der Waals surface area contributed by atoms with E-state index in [4.69, 9.17) is 4.74 Å². The van der Waals surface area contributed by atoms with Crippen LogP contribution in [-0.4, -0.2) is 30.7 Å². The molecular formula is C22H24N2O4. The average Bonchev–Trinajstić information content (AvgIpc) is 2.69. The van der Waals surface area contributed by atoms with Crippen molar-refractivity contribution in [3.63, 3.8) is 0 Å². The second-order valence-electron chi connectivity index (χ2n) is 7.05. The number of ketones is 1. The minimum atomic E-state index is -0.320. The number of anilines is 2. The number of benzene rings is 2. The molecule has 146 valence electrons. The van der Waals surface area contributed by atoms with Gasteiger partial charge >= 0.3 is 0 Å². The Labute approximate surface area is 164 Å². The molecule has 1 aliphatic heterocycles. The number of ether oxygens (including phenoxy) is 1. The van der Waals surface area contributed by atoms with Crippen LogP contribution in [0.25, 0.3) is 0 Å². The minimum Gasteiger partial charge on any atom is -0.482 e. The summed E-state index contributed by atoms with van der Waals surface area (Å²) >= 11 is 0. The maximum atomic E-state index is 12.5. The van der Waals surface area contributed by atoms with Crippen LogP contribution in [0.5, 0.6) is 5.75 Å². The van der Waals surface area contributed by atoms with Crippen LogP contribution in [0.1, 0.15) is 49.0 Å². The van der Waals surface area contributed by atoms with Gasteiger partial charge in [0.25, 0.3) is 5.91 Å². The van der Waals surface area contributed by atoms with Gasteiger partial charge in [-0.3, -0.25) is 19.3 Å². The summed E-state index contributed by atoms with van der Waals surface area (Å²) in [5, 5.41) is 2.81. The SMILES string of the molecule is CCC(=O)c1ccc2c(c1)N(CC(=O)Nc1ccc(C(C)C)cc1)C(=O)CO2. The molecule has 0 radical (unpaired) electrons. The Kier molecular flexibility index (Phi) is 5.78. The van der Waals surface area contributed by atoms with E-state index in [2.05, 4.69) is 19.2 Å². The first-order valence-corrected chi connectivity index (χ1v) is 9.39. The number of rotatable bonds is 6. The van der Waals surface area contributed by atoms with Crippen LogP contribution in [0.2, 0.25) is 0 Å². The van der Waals surface area contributed by atoms with Crippen molar-refractivity contribution in [3.8, 4) is 5.75 Å². The number of fused-ring (bicyclic) bond motifs is 1. The third kappa shape index (κ3) is 4.22. The number of nitrogens with zero attached hydrogens (tertiary/aromatic N) is 1. The van der Waals surface area contributed by atoms with Gasteiger partial charge in [0.05, 0.1) is 5.69 Å². The van der Waals surface area contributed by atoms with Crippen molar-refractivity contribution < 1.29 is 19.1 Å². The molecule has 1 heterocycles. The summed E-state index contributed by atoms with van der Waals surface area (Å²) in [5.74, 6) is 0.230. The van der Waals surface area contributed by atoms with Gasteiger partial charge in [0.15, 0.2) is 12.4 Å². The first-order chi connectivity index (χ1) is 13.4. The van der Waals surface area contributed by atoms with Crippen LogP contribution in [0.4, 0.5) is 11.4 Å². The molecule has 3 rings (SSSR count). The van der Waals surface area contributed by atoms with Gasteiger partial charge in [-0.05, 0) is 41.8 Å².